The van der Waals surface area contributed by atoms with Gasteiger partial charge in [0.05, 0.1) is 12.3 Å². The molecule has 116 valence electrons. The zero-order valence-corrected chi connectivity index (χ0v) is 13.7. The summed E-state index contributed by atoms with van der Waals surface area (Å²) in [6.45, 7) is 9.39. The van der Waals surface area contributed by atoms with Crippen molar-refractivity contribution in [1.82, 2.24) is 9.97 Å². The van der Waals surface area contributed by atoms with Crippen molar-refractivity contribution in [1.29, 1.82) is 0 Å². The Kier molecular flexibility index (Phi) is 3.91. The van der Waals surface area contributed by atoms with E-state index in [2.05, 4.69) is 36.7 Å². The van der Waals surface area contributed by atoms with Gasteiger partial charge in [0.25, 0.3) is 0 Å². The number of anilines is 1. The quantitative estimate of drug-likeness (QED) is 0.856. The van der Waals surface area contributed by atoms with Gasteiger partial charge < -0.3 is 9.64 Å². The number of rotatable bonds is 3. The Morgan fingerprint density at radius 1 is 1.19 bits per heavy atom. The van der Waals surface area contributed by atoms with Crippen molar-refractivity contribution in [3.8, 4) is 0 Å². The van der Waals surface area contributed by atoms with E-state index in [-0.39, 0.29) is 5.41 Å². The highest BCUT2D eigenvalue weighted by Crippen LogP contribution is 2.39. The van der Waals surface area contributed by atoms with Crippen LogP contribution in [0.4, 0.5) is 5.82 Å². The lowest BCUT2D eigenvalue weighted by Crippen LogP contribution is -2.25. The van der Waals surface area contributed by atoms with Gasteiger partial charge in [-0.25, -0.2) is 9.97 Å². The van der Waals surface area contributed by atoms with Gasteiger partial charge >= 0.3 is 0 Å². The molecule has 2 heterocycles. The Hall–Kier alpha value is -1.16. The smallest absolute Gasteiger partial charge is 0.136 e. The Balaban J connectivity index is 1.88. The molecule has 4 nitrogen and oxygen atoms in total. The maximum atomic E-state index is 5.28. The predicted molar refractivity (Wildman–Crippen MR) is 84.5 cm³/mol. The third-order valence-corrected chi connectivity index (χ3v) is 4.78. The van der Waals surface area contributed by atoms with Crippen LogP contribution in [0.2, 0.25) is 0 Å². The van der Waals surface area contributed by atoms with Gasteiger partial charge in [0.15, 0.2) is 0 Å². The highest BCUT2D eigenvalue weighted by atomic mass is 16.5. The third-order valence-electron chi connectivity index (χ3n) is 4.78. The Morgan fingerprint density at radius 3 is 2.43 bits per heavy atom. The summed E-state index contributed by atoms with van der Waals surface area (Å²) in [5, 5.41) is 0. The van der Waals surface area contributed by atoms with Crippen molar-refractivity contribution in [3.63, 3.8) is 0 Å². The van der Waals surface area contributed by atoms with Crippen LogP contribution in [-0.2, 0) is 16.8 Å². The second kappa shape index (κ2) is 5.56. The minimum atomic E-state index is -0.0336. The number of hydrogen-bond acceptors (Lipinski definition) is 4. The normalized spacial score (nSPS) is 25.4. The van der Waals surface area contributed by atoms with E-state index in [4.69, 9.17) is 9.72 Å². The summed E-state index contributed by atoms with van der Waals surface area (Å²) >= 11 is 0. The molecule has 1 aromatic heterocycles. The second-order valence-corrected chi connectivity index (χ2v) is 7.58. The van der Waals surface area contributed by atoms with Crippen LogP contribution < -0.4 is 4.90 Å². The molecule has 2 aliphatic rings. The SMILES string of the molecule is COCc1cc(N2CC3CCCC3C2)nc(C(C)(C)C)n1. The summed E-state index contributed by atoms with van der Waals surface area (Å²) in [6.07, 6.45) is 4.20. The number of nitrogens with zero attached hydrogens (tertiary/aromatic N) is 3. The molecule has 1 saturated heterocycles. The van der Waals surface area contributed by atoms with Gasteiger partial charge in [0.1, 0.15) is 11.6 Å². The maximum Gasteiger partial charge on any atom is 0.136 e. The minimum absolute atomic E-state index is 0.0336. The molecule has 2 fully saturated rings. The van der Waals surface area contributed by atoms with Gasteiger partial charge in [-0.15, -0.1) is 0 Å². The molecule has 0 N–H and O–H groups in total. The lowest BCUT2D eigenvalue weighted by atomic mass is 9.95. The van der Waals surface area contributed by atoms with Gasteiger partial charge in [0, 0.05) is 31.7 Å². The van der Waals surface area contributed by atoms with Crippen LogP contribution in [0.1, 0.15) is 51.6 Å². The summed E-state index contributed by atoms with van der Waals surface area (Å²) in [5.41, 5.74) is 0.957. The summed E-state index contributed by atoms with van der Waals surface area (Å²) in [4.78, 5) is 12.0. The molecule has 1 aromatic rings. The molecule has 0 aromatic carbocycles. The molecule has 1 aliphatic carbocycles. The topological polar surface area (TPSA) is 38.2 Å². The number of hydrogen-bond donors (Lipinski definition) is 0. The minimum Gasteiger partial charge on any atom is -0.378 e. The molecule has 1 saturated carbocycles. The first kappa shape index (κ1) is 14.8. The van der Waals surface area contributed by atoms with Crippen molar-refractivity contribution in [2.24, 2.45) is 11.8 Å². The van der Waals surface area contributed by atoms with Gasteiger partial charge in [-0.3, -0.25) is 0 Å². The van der Waals surface area contributed by atoms with E-state index in [9.17, 15) is 0 Å². The van der Waals surface area contributed by atoms with E-state index in [1.807, 2.05) is 0 Å². The van der Waals surface area contributed by atoms with Crippen LogP contribution in [0.15, 0.2) is 6.07 Å². The highest BCUT2D eigenvalue weighted by Gasteiger charge is 2.37. The monoisotopic (exact) mass is 289 g/mol. The molecule has 3 rings (SSSR count). The molecule has 1 aliphatic heterocycles. The van der Waals surface area contributed by atoms with E-state index >= 15 is 0 Å². The largest absolute Gasteiger partial charge is 0.378 e. The average molecular weight is 289 g/mol. The van der Waals surface area contributed by atoms with Crippen LogP contribution in [0, 0.1) is 11.8 Å². The summed E-state index contributed by atoms with van der Waals surface area (Å²) in [5.74, 6) is 3.77. The Bertz CT molecular complexity index is 497. The number of fused-ring (bicyclic) bond motifs is 1. The Morgan fingerprint density at radius 2 is 1.86 bits per heavy atom. The van der Waals surface area contributed by atoms with Gasteiger partial charge in [-0.1, -0.05) is 27.2 Å². The fourth-order valence-corrected chi connectivity index (χ4v) is 3.62. The number of methoxy groups -OCH3 is 1. The van der Waals surface area contributed by atoms with Crippen molar-refractivity contribution >= 4 is 5.82 Å². The molecular weight excluding hydrogens is 262 g/mol. The molecule has 21 heavy (non-hydrogen) atoms. The van der Waals surface area contributed by atoms with Crippen LogP contribution in [0.25, 0.3) is 0 Å². The van der Waals surface area contributed by atoms with Crippen molar-refractivity contribution in [3.05, 3.63) is 17.6 Å². The van der Waals surface area contributed by atoms with E-state index in [1.165, 1.54) is 19.3 Å². The molecule has 4 heteroatoms. The molecular formula is C17H27N3O. The number of aromatic nitrogens is 2. The highest BCUT2D eigenvalue weighted by molar-refractivity contribution is 5.42. The summed E-state index contributed by atoms with van der Waals surface area (Å²) in [6, 6.07) is 2.11. The van der Waals surface area contributed by atoms with Crippen molar-refractivity contribution in [2.45, 2.75) is 52.1 Å². The van der Waals surface area contributed by atoms with E-state index in [0.29, 0.717) is 6.61 Å². The third kappa shape index (κ3) is 3.05. The molecule has 0 spiro atoms. The van der Waals surface area contributed by atoms with Crippen LogP contribution >= 0.6 is 0 Å². The van der Waals surface area contributed by atoms with Gasteiger partial charge in [0.2, 0.25) is 0 Å². The van der Waals surface area contributed by atoms with Crippen LogP contribution in [0.3, 0.4) is 0 Å². The first-order chi connectivity index (χ1) is 9.97. The van der Waals surface area contributed by atoms with E-state index < -0.39 is 0 Å². The maximum absolute atomic E-state index is 5.28. The van der Waals surface area contributed by atoms with Crippen LogP contribution in [-0.4, -0.2) is 30.2 Å². The first-order valence-corrected chi connectivity index (χ1v) is 8.09. The summed E-state index contributed by atoms with van der Waals surface area (Å²) in [7, 11) is 1.72. The van der Waals surface area contributed by atoms with Crippen LogP contribution in [0.5, 0.6) is 0 Å². The molecule has 0 radical (unpaired) electrons. The molecule has 2 unspecified atom stereocenters. The first-order valence-electron chi connectivity index (χ1n) is 8.09. The summed E-state index contributed by atoms with van der Waals surface area (Å²) < 4.78 is 5.28. The molecule has 2 atom stereocenters. The van der Waals surface area contributed by atoms with Gasteiger partial charge in [-0.05, 0) is 24.7 Å². The zero-order chi connectivity index (χ0) is 15.0. The molecule has 0 bridgehead atoms. The lowest BCUT2D eigenvalue weighted by molar-refractivity contribution is 0.181. The number of ether oxygens (including phenoxy) is 1. The zero-order valence-electron chi connectivity index (χ0n) is 13.7. The fraction of sp³-hybridized carbons (Fsp3) is 0.765. The lowest BCUT2D eigenvalue weighted by Gasteiger charge is -2.23. The Labute approximate surface area is 127 Å². The standard InChI is InChI=1S/C17H27N3O/c1-17(2,3)16-18-14(11-21-4)8-15(19-16)20-9-12-6-5-7-13(12)10-20/h8,12-13H,5-7,9-11H2,1-4H3. The van der Waals surface area contributed by atoms with E-state index in [1.54, 1.807) is 7.11 Å². The second-order valence-electron chi connectivity index (χ2n) is 7.58. The van der Waals surface area contributed by atoms with Crippen molar-refractivity contribution in [2.75, 3.05) is 25.1 Å². The van der Waals surface area contributed by atoms with Gasteiger partial charge in [-0.2, -0.15) is 0 Å². The fourth-order valence-electron chi connectivity index (χ4n) is 3.62. The molecule has 0 amide bonds. The average Bonchev–Trinajstić information content (AvgIpc) is 2.98. The predicted octanol–water partition coefficient (Wildman–Crippen LogP) is 3.16. The van der Waals surface area contributed by atoms with E-state index in [0.717, 1.165) is 42.3 Å². The van der Waals surface area contributed by atoms with Crippen molar-refractivity contribution < 1.29 is 4.74 Å².